The third-order valence-corrected chi connectivity index (χ3v) is 4.47. The molecule has 1 saturated heterocycles. The largest absolute Gasteiger partial charge is 0.481 e. The van der Waals surface area contributed by atoms with Crippen molar-refractivity contribution in [3.8, 4) is 0 Å². The maximum atomic E-state index is 10.5. The standard InChI is InChI=1S/C14H17N3O3S/c18-12(19)3-7-20-10-1-5-17(6-2-10)13-11-4-8-21-14(11)16-9-15-13/h4,8-10H,1-3,5-7H2,(H,18,19). The highest BCUT2D eigenvalue weighted by Gasteiger charge is 2.22. The topological polar surface area (TPSA) is 75.6 Å². The SMILES string of the molecule is O=C(O)CCOC1CCN(c2ncnc3sccc23)CC1. The van der Waals surface area contributed by atoms with E-state index in [1.54, 1.807) is 17.7 Å². The Kier molecular flexibility index (Phi) is 4.31. The summed E-state index contributed by atoms with van der Waals surface area (Å²) in [5.41, 5.74) is 0. The van der Waals surface area contributed by atoms with Crippen LogP contribution in [0.2, 0.25) is 0 Å². The zero-order valence-electron chi connectivity index (χ0n) is 11.6. The number of carboxylic acid groups (broad SMARTS) is 1. The van der Waals surface area contributed by atoms with E-state index >= 15 is 0 Å². The van der Waals surface area contributed by atoms with Gasteiger partial charge in [0.05, 0.1) is 24.5 Å². The van der Waals surface area contributed by atoms with E-state index in [1.807, 2.05) is 5.38 Å². The molecule has 2 aromatic heterocycles. The van der Waals surface area contributed by atoms with E-state index in [0.29, 0.717) is 6.61 Å². The summed E-state index contributed by atoms with van der Waals surface area (Å²) in [6.45, 7) is 2.04. The van der Waals surface area contributed by atoms with E-state index in [9.17, 15) is 4.79 Å². The molecule has 0 spiro atoms. The van der Waals surface area contributed by atoms with Crippen molar-refractivity contribution in [1.29, 1.82) is 0 Å². The van der Waals surface area contributed by atoms with E-state index < -0.39 is 5.97 Å². The molecule has 3 heterocycles. The van der Waals surface area contributed by atoms with Gasteiger partial charge in [-0.05, 0) is 24.3 Å². The summed E-state index contributed by atoms with van der Waals surface area (Å²) >= 11 is 1.62. The van der Waals surface area contributed by atoms with E-state index in [0.717, 1.165) is 42.0 Å². The van der Waals surface area contributed by atoms with E-state index in [1.165, 1.54) is 0 Å². The summed E-state index contributed by atoms with van der Waals surface area (Å²) in [4.78, 5) is 22.4. The Bertz CT molecular complexity index is 623. The van der Waals surface area contributed by atoms with Crippen LogP contribution in [0.25, 0.3) is 10.2 Å². The molecular weight excluding hydrogens is 290 g/mol. The minimum absolute atomic E-state index is 0.0711. The number of thiophene rings is 1. The van der Waals surface area contributed by atoms with Crippen molar-refractivity contribution < 1.29 is 14.6 Å². The van der Waals surface area contributed by atoms with Gasteiger partial charge in [-0.1, -0.05) is 0 Å². The fourth-order valence-electron chi connectivity index (χ4n) is 2.58. The highest BCUT2D eigenvalue weighted by atomic mass is 32.1. The summed E-state index contributed by atoms with van der Waals surface area (Å²) < 4.78 is 5.61. The molecule has 0 saturated carbocycles. The minimum atomic E-state index is -0.812. The van der Waals surface area contributed by atoms with Gasteiger partial charge >= 0.3 is 5.97 Å². The smallest absolute Gasteiger partial charge is 0.305 e. The lowest BCUT2D eigenvalue weighted by atomic mass is 10.1. The number of fused-ring (bicyclic) bond motifs is 1. The zero-order chi connectivity index (χ0) is 14.7. The average molecular weight is 307 g/mol. The summed E-state index contributed by atoms with van der Waals surface area (Å²) in [5.74, 6) is 0.179. The highest BCUT2D eigenvalue weighted by Crippen LogP contribution is 2.28. The Morgan fingerprint density at radius 3 is 3.00 bits per heavy atom. The number of aliphatic carboxylic acids is 1. The second kappa shape index (κ2) is 6.36. The van der Waals surface area contributed by atoms with Crippen molar-refractivity contribution in [1.82, 2.24) is 9.97 Å². The molecule has 3 rings (SSSR count). The molecule has 0 aromatic carbocycles. The van der Waals surface area contributed by atoms with Crippen LogP contribution in [0.15, 0.2) is 17.8 Å². The van der Waals surface area contributed by atoms with Gasteiger partial charge in [-0.2, -0.15) is 0 Å². The minimum Gasteiger partial charge on any atom is -0.481 e. The second-order valence-electron chi connectivity index (χ2n) is 5.04. The van der Waals surface area contributed by atoms with Gasteiger partial charge in [-0.15, -0.1) is 11.3 Å². The molecule has 0 unspecified atom stereocenters. The average Bonchev–Trinajstić information content (AvgIpc) is 2.96. The molecular formula is C14H17N3O3S. The number of anilines is 1. The highest BCUT2D eigenvalue weighted by molar-refractivity contribution is 7.16. The molecule has 112 valence electrons. The first-order valence-corrected chi connectivity index (χ1v) is 7.88. The predicted molar refractivity (Wildman–Crippen MR) is 80.9 cm³/mol. The molecule has 6 nitrogen and oxygen atoms in total. The lowest BCUT2D eigenvalue weighted by molar-refractivity contribution is -0.138. The summed E-state index contributed by atoms with van der Waals surface area (Å²) in [7, 11) is 0. The third kappa shape index (κ3) is 3.30. The summed E-state index contributed by atoms with van der Waals surface area (Å²) in [5, 5.41) is 11.7. The molecule has 0 atom stereocenters. The van der Waals surface area contributed by atoms with Crippen LogP contribution in [0.4, 0.5) is 5.82 Å². The van der Waals surface area contributed by atoms with Crippen LogP contribution in [-0.4, -0.2) is 46.8 Å². The van der Waals surface area contributed by atoms with Crippen molar-refractivity contribution in [2.24, 2.45) is 0 Å². The number of carboxylic acids is 1. The van der Waals surface area contributed by atoms with Crippen LogP contribution in [0, 0.1) is 0 Å². The van der Waals surface area contributed by atoms with Gasteiger partial charge in [0.15, 0.2) is 0 Å². The van der Waals surface area contributed by atoms with Crippen LogP contribution >= 0.6 is 11.3 Å². The predicted octanol–water partition coefficient (Wildman–Crippen LogP) is 2.15. The fourth-order valence-corrected chi connectivity index (χ4v) is 3.30. The quantitative estimate of drug-likeness (QED) is 0.912. The van der Waals surface area contributed by atoms with Crippen molar-refractivity contribution in [3.05, 3.63) is 17.8 Å². The lowest BCUT2D eigenvalue weighted by Crippen LogP contribution is -2.37. The molecule has 0 radical (unpaired) electrons. The van der Waals surface area contributed by atoms with Crippen LogP contribution in [0.5, 0.6) is 0 Å². The van der Waals surface area contributed by atoms with Gasteiger partial charge in [0.1, 0.15) is 17.0 Å². The molecule has 0 bridgehead atoms. The number of carbonyl (C=O) groups is 1. The number of rotatable bonds is 5. The second-order valence-corrected chi connectivity index (χ2v) is 5.93. The molecule has 1 N–H and O–H groups in total. The van der Waals surface area contributed by atoms with Gasteiger partial charge in [0.2, 0.25) is 0 Å². The fraction of sp³-hybridized carbons (Fsp3) is 0.500. The number of hydrogen-bond acceptors (Lipinski definition) is 6. The first-order chi connectivity index (χ1) is 10.2. The molecule has 0 amide bonds. The van der Waals surface area contributed by atoms with E-state index in [-0.39, 0.29) is 12.5 Å². The van der Waals surface area contributed by atoms with Crippen LogP contribution in [0.1, 0.15) is 19.3 Å². The summed E-state index contributed by atoms with van der Waals surface area (Å²) in [6, 6.07) is 2.06. The Morgan fingerprint density at radius 1 is 1.43 bits per heavy atom. The van der Waals surface area contributed by atoms with E-state index in [2.05, 4.69) is 20.9 Å². The summed E-state index contributed by atoms with van der Waals surface area (Å²) in [6.07, 6.45) is 3.64. The van der Waals surface area contributed by atoms with Gasteiger partial charge in [0, 0.05) is 13.1 Å². The Morgan fingerprint density at radius 2 is 2.24 bits per heavy atom. The Labute approximate surface area is 126 Å². The Hall–Kier alpha value is -1.73. The number of ether oxygens (including phenoxy) is 1. The van der Waals surface area contributed by atoms with Crippen molar-refractivity contribution in [2.75, 3.05) is 24.6 Å². The molecule has 7 heteroatoms. The maximum absolute atomic E-state index is 10.5. The van der Waals surface area contributed by atoms with Crippen LogP contribution in [-0.2, 0) is 9.53 Å². The Balaban J connectivity index is 1.58. The van der Waals surface area contributed by atoms with Gasteiger partial charge in [0.25, 0.3) is 0 Å². The first kappa shape index (κ1) is 14.2. The van der Waals surface area contributed by atoms with Gasteiger partial charge in [-0.3, -0.25) is 4.79 Å². The lowest BCUT2D eigenvalue weighted by Gasteiger charge is -2.32. The molecule has 1 aliphatic heterocycles. The van der Waals surface area contributed by atoms with Crippen LogP contribution in [0.3, 0.4) is 0 Å². The first-order valence-electron chi connectivity index (χ1n) is 7.00. The molecule has 1 fully saturated rings. The molecule has 21 heavy (non-hydrogen) atoms. The molecule has 0 aliphatic carbocycles. The maximum Gasteiger partial charge on any atom is 0.305 e. The van der Waals surface area contributed by atoms with Crippen molar-refractivity contribution >= 4 is 33.3 Å². The number of aromatic nitrogens is 2. The zero-order valence-corrected chi connectivity index (χ0v) is 12.4. The van der Waals surface area contributed by atoms with Crippen molar-refractivity contribution in [2.45, 2.75) is 25.4 Å². The van der Waals surface area contributed by atoms with E-state index in [4.69, 9.17) is 9.84 Å². The molecule has 1 aliphatic rings. The van der Waals surface area contributed by atoms with Crippen molar-refractivity contribution in [3.63, 3.8) is 0 Å². The number of piperidine rings is 1. The van der Waals surface area contributed by atoms with Gasteiger partial charge in [-0.25, -0.2) is 9.97 Å². The van der Waals surface area contributed by atoms with Gasteiger partial charge < -0.3 is 14.7 Å². The molecule has 2 aromatic rings. The third-order valence-electron chi connectivity index (χ3n) is 3.65. The number of hydrogen-bond donors (Lipinski definition) is 1. The normalized spacial score (nSPS) is 16.5. The number of nitrogens with zero attached hydrogens (tertiary/aromatic N) is 3. The monoisotopic (exact) mass is 307 g/mol. The van der Waals surface area contributed by atoms with Crippen LogP contribution < -0.4 is 4.90 Å².